The normalized spacial score (nSPS) is 12.4. The predicted molar refractivity (Wildman–Crippen MR) is 96.9 cm³/mol. The van der Waals surface area contributed by atoms with Crippen molar-refractivity contribution < 1.29 is 13.3 Å². The number of hydrogen-bond donors (Lipinski definition) is 0. The van der Waals surface area contributed by atoms with E-state index < -0.39 is 14.9 Å². The van der Waals surface area contributed by atoms with E-state index in [0.717, 1.165) is 11.6 Å². The average molecular weight is 362 g/mol. The molecule has 25 heavy (non-hydrogen) atoms. The van der Waals surface area contributed by atoms with Gasteiger partial charge < -0.3 is 0 Å². The molecule has 0 atom stereocenters. The van der Waals surface area contributed by atoms with Crippen LogP contribution in [0.3, 0.4) is 0 Å². The van der Waals surface area contributed by atoms with Crippen LogP contribution in [0.15, 0.2) is 53.4 Å². The van der Waals surface area contributed by atoms with Gasteiger partial charge in [0.15, 0.2) is 0 Å². The summed E-state index contributed by atoms with van der Waals surface area (Å²) < 4.78 is 26.5. The molecule has 0 spiro atoms. The van der Waals surface area contributed by atoms with Crippen LogP contribution in [0.4, 0.5) is 5.69 Å². The third-order valence-electron chi connectivity index (χ3n) is 3.96. The molecule has 0 unspecified atom stereocenters. The fourth-order valence-electron chi connectivity index (χ4n) is 2.39. The van der Waals surface area contributed by atoms with Crippen molar-refractivity contribution in [2.24, 2.45) is 0 Å². The Labute approximate surface area is 148 Å². The number of sulfonamides is 1. The summed E-state index contributed by atoms with van der Waals surface area (Å²) in [6.45, 7) is 6.53. The molecule has 0 aliphatic heterocycles. The number of nitro benzene ring substituents is 1. The van der Waals surface area contributed by atoms with Gasteiger partial charge in [-0.15, -0.1) is 0 Å². The summed E-state index contributed by atoms with van der Waals surface area (Å²) in [5.74, 6) is 0. The second-order valence-corrected chi connectivity index (χ2v) is 9.01. The average Bonchev–Trinajstić information content (AvgIpc) is 2.54. The monoisotopic (exact) mass is 362 g/mol. The quantitative estimate of drug-likeness (QED) is 0.600. The molecule has 0 aromatic heterocycles. The minimum absolute atomic E-state index is 0.0273. The molecule has 7 heteroatoms. The van der Waals surface area contributed by atoms with Gasteiger partial charge in [-0.05, 0) is 22.6 Å². The van der Waals surface area contributed by atoms with Crippen LogP contribution in [0.25, 0.3) is 0 Å². The van der Waals surface area contributed by atoms with Gasteiger partial charge in [-0.2, -0.15) is 4.31 Å². The van der Waals surface area contributed by atoms with Crippen molar-refractivity contribution in [3.8, 4) is 0 Å². The first-order chi connectivity index (χ1) is 11.5. The fourth-order valence-corrected chi connectivity index (χ4v) is 3.59. The van der Waals surface area contributed by atoms with Crippen molar-refractivity contribution in [1.82, 2.24) is 4.31 Å². The first-order valence-electron chi connectivity index (χ1n) is 7.82. The highest BCUT2D eigenvalue weighted by Crippen LogP contribution is 2.24. The van der Waals surface area contributed by atoms with E-state index in [4.69, 9.17) is 0 Å². The molecule has 0 aliphatic rings. The first kappa shape index (κ1) is 19.1. The zero-order valence-corrected chi connectivity index (χ0v) is 15.6. The molecule has 0 saturated carbocycles. The molecule has 2 rings (SSSR count). The van der Waals surface area contributed by atoms with Gasteiger partial charge >= 0.3 is 0 Å². The third-order valence-corrected chi connectivity index (χ3v) is 5.76. The van der Waals surface area contributed by atoms with E-state index in [0.29, 0.717) is 0 Å². The van der Waals surface area contributed by atoms with Crippen LogP contribution in [0.2, 0.25) is 0 Å². The van der Waals surface area contributed by atoms with Crippen LogP contribution in [-0.4, -0.2) is 24.7 Å². The Hall–Kier alpha value is -2.25. The van der Waals surface area contributed by atoms with Gasteiger partial charge in [0.2, 0.25) is 10.0 Å². The number of nitrogens with zero attached hydrogens (tertiary/aromatic N) is 2. The van der Waals surface area contributed by atoms with Crippen molar-refractivity contribution in [1.29, 1.82) is 0 Å². The van der Waals surface area contributed by atoms with E-state index in [1.54, 1.807) is 0 Å². The number of rotatable bonds is 5. The Morgan fingerprint density at radius 1 is 1.08 bits per heavy atom. The van der Waals surface area contributed by atoms with Gasteiger partial charge in [0.25, 0.3) is 5.69 Å². The van der Waals surface area contributed by atoms with Crippen LogP contribution in [0.5, 0.6) is 0 Å². The number of benzene rings is 2. The molecule has 2 aromatic carbocycles. The molecule has 0 N–H and O–H groups in total. The topological polar surface area (TPSA) is 80.5 Å². The first-order valence-corrected chi connectivity index (χ1v) is 9.26. The van der Waals surface area contributed by atoms with Crippen LogP contribution in [-0.2, 0) is 22.0 Å². The van der Waals surface area contributed by atoms with Crippen molar-refractivity contribution in [2.75, 3.05) is 7.05 Å². The smallest absolute Gasteiger partial charge is 0.258 e. The zero-order chi connectivity index (χ0) is 18.8. The van der Waals surface area contributed by atoms with Crippen LogP contribution < -0.4 is 0 Å². The van der Waals surface area contributed by atoms with Crippen molar-refractivity contribution >= 4 is 15.7 Å². The third kappa shape index (κ3) is 4.43. The van der Waals surface area contributed by atoms with Crippen LogP contribution >= 0.6 is 0 Å². The molecule has 0 amide bonds. The van der Waals surface area contributed by atoms with Crippen LogP contribution in [0.1, 0.15) is 31.9 Å². The maximum atomic E-state index is 12.6. The number of hydrogen-bond acceptors (Lipinski definition) is 4. The van der Waals surface area contributed by atoms with E-state index in [1.807, 2.05) is 24.3 Å². The summed E-state index contributed by atoms with van der Waals surface area (Å²) in [6, 6.07) is 12.9. The van der Waals surface area contributed by atoms with E-state index in [1.165, 1.54) is 35.1 Å². The molecule has 134 valence electrons. The minimum Gasteiger partial charge on any atom is -0.258 e. The number of non-ortho nitro benzene ring substituents is 1. The lowest BCUT2D eigenvalue weighted by molar-refractivity contribution is -0.385. The highest BCUT2D eigenvalue weighted by molar-refractivity contribution is 7.89. The molecule has 0 fully saturated rings. The van der Waals surface area contributed by atoms with Crippen LogP contribution in [0, 0.1) is 10.1 Å². The summed E-state index contributed by atoms with van der Waals surface area (Å²) in [7, 11) is -2.34. The predicted octanol–water partition coefficient (Wildman–Crippen LogP) is 3.71. The van der Waals surface area contributed by atoms with E-state index in [2.05, 4.69) is 20.8 Å². The van der Waals surface area contributed by atoms with Crippen molar-refractivity contribution in [3.05, 3.63) is 69.8 Å². The maximum Gasteiger partial charge on any atom is 0.270 e. The van der Waals surface area contributed by atoms with E-state index in [9.17, 15) is 18.5 Å². The molecule has 2 aromatic rings. The Morgan fingerprint density at radius 2 is 1.68 bits per heavy atom. The highest BCUT2D eigenvalue weighted by atomic mass is 32.2. The molecule has 0 heterocycles. The lowest BCUT2D eigenvalue weighted by atomic mass is 9.87. The summed E-state index contributed by atoms with van der Waals surface area (Å²) >= 11 is 0. The Morgan fingerprint density at radius 3 is 2.20 bits per heavy atom. The van der Waals surface area contributed by atoms with Gasteiger partial charge in [0.1, 0.15) is 0 Å². The van der Waals surface area contributed by atoms with Gasteiger partial charge in [0, 0.05) is 25.7 Å². The SMILES string of the molecule is CN(Cc1ccc(C(C)(C)C)cc1)S(=O)(=O)c1cccc([N+](=O)[O-])c1. The maximum absolute atomic E-state index is 12.6. The largest absolute Gasteiger partial charge is 0.270 e. The van der Waals surface area contributed by atoms with Gasteiger partial charge in [-0.3, -0.25) is 10.1 Å². The van der Waals surface area contributed by atoms with Crippen molar-refractivity contribution in [3.63, 3.8) is 0 Å². The van der Waals surface area contributed by atoms with E-state index >= 15 is 0 Å². The molecular weight excluding hydrogens is 340 g/mol. The summed E-state index contributed by atoms with van der Waals surface area (Å²) in [4.78, 5) is 10.2. The second kappa shape index (κ2) is 6.93. The molecular formula is C18H22N2O4S. The lowest BCUT2D eigenvalue weighted by Crippen LogP contribution is -2.26. The number of nitro groups is 1. The van der Waals surface area contributed by atoms with Crippen molar-refractivity contribution in [2.45, 2.75) is 37.6 Å². The van der Waals surface area contributed by atoms with Gasteiger partial charge in [-0.25, -0.2) is 8.42 Å². The second-order valence-electron chi connectivity index (χ2n) is 6.96. The molecule has 0 saturated heterocycles. The molecule has 0 radical (unpaired) electrons. The zero-order valence-electron chi connectivity index (χ0n) is 14.8. The highest BCUT2D eigenvalue weighted by Gasteiger charge is 2.23. The van der Waals surface area contributed by atoms with E-state index in [-0.39, 0.29) is 22.5 Å². The van der Waals surface area contributed by atoms with Gasteiger partial charge in [-0.1, -0.05) is 51.1 Å². The Kier molecular flexibility index (Phi) is 5.29. The lowest BCUT2D eigenvalue weighted by Gasteiger charge is -2.20. The Balaban J connectivity index is 2.23. The van der Waals surface area contributed by atoms with Gasteiger partial charge in [0.05, 0.1) is 9.82 Å². The molecule has 6 nitrogen and oxygen atoms in total. The fraction of sp³-hybridized carbons (Fsp3) is 0.333. The summed E-state index contributed by atoms with van der Waals surface area (Å²) in [6.07, 6.45) is 0. The Bertz CT molecular complexity index is 869. The summed E-state index contributed by atoms with van der Waals surface area (Å²) in [5, 5.41) is 10.9. The standard InChI is InChI=1S/C18H22N2O4S/c1-18(2,3)15-10-8-14(9-11-15)13-19(4)25(23,24)17-7-5-6-16(12-17)20(21)22/h5-12H,13H2,1-4H3. The minimum atomic E-state index is -3.80. The summed E-state index contributed by atoms with van der Waals surface area (Å²) in [5.41, 5.74) is 1.80. The molecule has 0 aliphatic carbocycles. The molecule has 0 bridgehead atoms.